The number of carbonyl (C=O) groups is 1. The predicted molar refractivity (Wildman–Crippen MR) is 57.7 cm³/mol. The summed E-state index contributed by atoms with van der Waals surface area (Å²) in [6, 6.07) is 5.61. The highest BCUT2D eigenvalue weighted by molar-refractivity contribution is 14.1. The topological polar surface area (TPSA) is 38.8 Å². The number of halogens is 1. The van der Waals surface area contributed by atoms with Gasteiger partial charge in [-0.3, -0.25) is 4.79 Å². The number of epoxide rings is 1. The summed E-state index contributed by atoms with van der Waals surface area (Å²) in [5.41, 5.74) is 0.0119. The van der Waals surface area contributed by atoms with Crippen molar-refractivity contribution in [1.29, 1.82) is 0 Å². The van der Waals surface area contributed by atoms with E-state index in [-0.39, 0.29) is 5.78 Å². The number of fused-ring (bicyclic) bond motifs is 1. The van der Waals surface area contributed by atoms with E-state index in [9.17, 15) is 4.79 Å². The first kappa shape index (κ1) is 8.67. The average molecular weight is 302 g/mol. The van der Waals surface area contributed by atoms with E-state index in [1.165, 1.54) is 0 Å². The average Bonchev–Trinajstić information content (AvgIpc) is 2.94. The molecule has 4 heteroatoms. The Balaban J connectivity index is 2.13. The van der Waals surface area contributed by atoms with Gasteiger partial charge in [-0.2, -0.15) is 0 Å². The lowest BCUT2D eigenvalue weighted by Gasteiger charge is -2.21. The lowest BCUT2D eigenvalue weighted by atomic mass is 9.96. The zero-order valence-corrected chi connectivity index (χ0v) is 9.41. The molecule has 2 aliphatic rings. The number of benzene rings is 1. The van der Waals surface area contributed by atoms with Crippen molar-refractivity contribution >= 4 is 28.4 Å². The van der Waals surface area contributed by atoms with Crippen LogP contribution in [-0.2, 0) is 4.74 Å². The van der Waals surface area contributed by atoms with Gasteiger partial charge in [-0.25, -0.2) is 0 Å². The fraction of sp³-hybridized carbons (Fsp3) is 0.300. The normalized spacial score (nSPS) is 28.5. The van der Waals surface area contributed by atoms with E-state index in [1.54, 1.807) is 0 Å². The molecule has 1 atom stereocenters. The van der Waals surface area contributed by atoms with Crippen LogP contribution in [0.1, 0.15) is 10.4 Å². The van der Waals surface area contributed by atoms with Gasteiger partial charge in [0, 0.05) is 3.57 Å². The highest BCUT2D eigenvalue weighted by atomic mass is 127. The van der Waals surface area contributed by atoms with Crippen LogP contribution in [0, 0.1) is 3.57 Å². The Hall–Kier alpha value is -0.620. The Kier molecular flexibility index (Phi) is 1.67. The molecule has 2 aliphatic heterocycles. The first-order valence-corrected chi connectivity index (χ1v) is 5.40. The standard InChI is InChI=1S/C10H7IO3/c11-6-1-2-8-7(3-6)9(12)10(4-13-8)5-14-10/h1-3H,4-5H2. The summed E-state index contributed by atoms with van der Waals surface area (Å²) in [4.78, 5) is 11.9. The molecule has 1 spiro atoms. The SMILES string of the molecule is O=C1c2cc(I)ccc2OCC12CO2. The Morgan fingerprint density at radius 3 is 2.86 bits per heavy atom. The van der Waals surface area contributed by atoms with Gasteiger partial charge in [0.15, 0.2) is 5.60 Å². The minimum absolute atomic E-state index is 0.0669. The number of ketones is 1. The van der Waals surface area contributed by atoms with Gasteiger partial charge in [-0.15, -0.1) is 0 Å². The summed E-state index contributed by atoms with van der Waals surface area (Å²) in [5, 5.41) is 0. The van der Waals surface area contributed by atoms with Gasteiger partial charge in [-0.05, 0) is 40.8 Å². The molecule has 0 aliphatic carbocycles. The summed E-state index contributed by atoms with van der Waals surface area (Å²) >= 11 is 2.18. The molecular weight excluding hydrogens is 295 g/mol. The van der Waals surface area contributed by atoms with E-state index < -0.39 is 5.60 Å². The second kappa shape index (κ2) is 2.70. The predicted octanol–water partition coefficient (Wildman–Crippen LogP) is 1.64. The van der Waals surface area contributed by atoms with Crippen LogP contribution < -0.4 is 4.74 Å². The molecule has 0 N–H and O–H groups in total. The fourth-order valence-corrected chi connectivity index (χ4v) is 2.10. The van der Waals surface area contributed by atoms with Gasteiger partial charge < -0.3 is 9.47 Å². The Morgan fingerprint density at radius 1 is 1.36 bits per heavy atom. The minimum atomic E-state index is -0.641. The van der Waals surface area contributed by atoms with E-state index in [2.05, 4.69) is 22.6 Å². The fourth-order valence-electron chi connectivity index (χ4n) is 1.61. The van der Waals surface area contributed by atoms with Crippen molar-refractivity contribution in [3.63, 3.8) is 0 Å². The molecule has 1 aromatic rings. The van der Waals surface area contributed by atoms with Crippen LogP contribution in [0.5, 0.6) is 5.75 Å². The molecule has 0 amide bonds. The molecular formula is C10H7IO3. The van der Waals surface area contributed by atoms with Crippen LogP contribution in [0.15, 0.2) is 18.2 Å². The Labute approximate surface area is 94.5 Å². The number of carbonyl (C=O) groups excluding carboxylic acids is 1. The molecule has 1 saturated heterocycles. The first-order valence-electron chi connectivity index (χ1n) is 4.32. The highest BCUT2D eigenvalue weighted by Crippen LogP contribution is 2.39. The molecule has 1 aromatic carbocycles. The second-order valence-corrected chi connectivity index (χ2v) is 4.79. The monoisotopic (exact) mass is 302 g/mol. The molecule has 2 heterocycles. The second-order valence-electron chi connectivity index (χ2n) is 3.54. The molecule has 0 radical (unpaired) electrons. The molecule has 3 rings (SSSR count). The molecule has 72 valence electrons. The van der Waals surface area contributed by atoms with Gasteiger partial charge in [0.05, 0.1) is 12.2 Å². The summed E-state index contributed by atoms with van der Waals surface area (Å²) in [6.07, 6.45) is 0. The molecule has 0 aromatic heterocycles. The number of rotatable bonds is 0. The van der Waals surface area contributed by atoms with Gasteiger partial charge in [0.1, 0.15) is 12.4 Å². The van der Waals surface area contributed by atoms with Gasteiger partial charge in [-0.1, -0.05) is 0 Å². The summed E-state index contributed by atoms with van der Waals surface area (Å²) in [6.45, 7) is 0.857. The summed E-state index contributed by atoms with van der Waals surface area (Å²) in [7, 11) is 0. The van der Waals surface area contributed by atoms with Crippen molar-refractivity contribution in [2.24, 2.45) is 0 Å². The van der Waals surface area contributed by atoms with Crippen molar-refractivity contribution < 1.29 is 14.3 Å². The van der Waals surface area contributed by atoms with Crippen molar-refractivity contribution in [3.05, 3.63) is 27.3 Å². The van der Waals surface area contributed by atoms with Crippen molar-refractivity contribution in [2.45, 2.75) is 5.60 Å². The van der Waals surface area contributed by atoms with Crippen molar-refractivity contribution in [2.75, 3.05) is 13.2 Å². The van der Waals surface area contributed by atoms with Gasteiger partial charge >= 0.3 is 0 Å². The van der Waals surface area contributed by atoms with Crippen LogP contribution in [0.2, 0.25) is 0 Å². The molecule has 1 unspecified atom stereocenters. The zero-order valence-electron chi connectivity index (χ0n) is 7.25. The van der Waals surface area contributed by atoms with Crippen LogP contribution >= 0.6 is 22.6 Å². The maximum atomic E-state index is 11.9. The van der Waals surface area contributed by atoms with Crippen LogP contribution in [-0.4, -0.2) is 24.6 Å². The lowest BCUT2D eigenvalue weighted by Crippen LogP contribution is -2.36. The number of ether oxygens (including phenoxy) is 2. The molecule has 0 saturated carbocycles. The smallest absolute Gasteiger partial charge is 0.204 e. The number of hydrogen-bond acceptors (Lipinski definition) is 3. The molecule has 1 fully saturated rings. The van der Waals surface area contributed by atoms with Crippen molar-refractivity contribution in [1.82, 2.24) is 0 Å². The zero-order chi connectivity index (χ0) is 9.76. The highest BCUT2D eigenvalue weighted by Gasteiger charge is 2.56. The van der Waals surface area contributed by atoms with Crippen molar-refractivity contribution in [3.8, 4) is 5.75 Å². The third-order valence-corrected chi connectivity index (χ3v) is 3.22. The van der Waals surface area contributed by atoms with Gasteiger partial charge in [0.2, 0.25) is 5.78 Å². The summed E-state index contributed by atoms with van der Waals surface area (Å²) < 4.78 is 11.7. The van der Waals surface area contributed by atoms with E-state index in [4.69, 9.17) is 9.47 Å². The maximum absolute atomic E-state index is 11.9. The first-order chi connectivity index (χ1) is 6.71. The van der Waals surface area contributed by atoms with Crippen LogP contribution in [0.25, 0.3) is 0 Å². The third kappa shape index (κ3) is 1.10. The van der Waals surface area contributed by atoms with Crippen LogP contribution in [0.4, 0.5) is 0 Å². The van der Waals surface area contributed by atoms with E-state index in [0.29, 0.717) is 24.5 Å². The van der Waals surface area contributed by atoms with E-state index in [0.717, 1.165) is 3.57 Å². The quantitative estimate of drug-likeness (QED) is 0.540. The van der Waals surface area contributed by atoms with Gasteiger partial charge in [0.25, 0.3) is 0 Å². The summed E-state index contributed by atoms with van der Waals surface area (Å²) in [5.74, 6) is 0.744. The maximum Gasteiger partial charge on any atom is 0.204 e. The third-order valence-electron chi connectivity index (χ3n) is 2.55. The largest absolute Gasteiger partial charge is 0.489 e. The lowest BCUT2D eigenvalue weighted by molar-refractivity contribution is 0.0755. The minimum Gasteiger partial charge on any atom is -0.489 e. The molecule has 14 heavy (non-hydrogen) atoms. The Morgan fingerprint density at radius 2 is 2.14 bits per heavy atom. The molecule has 0 bridgehead atoms. The van der Waals surface area contributed by atoms with Crippen LogP contribution in [0.3, 0.4) is 0 Å². The number of Topliss-reactive ketones (excluding diaryl/α,β-unsaturated/α-hetero) is 1. The molecule has 3 nitrogen and oxygen atoms in total. The Bertz CT molecular complexity index is 423. The van der Waals surface area contributed by atoms with E-state index >= 15 is 0 Å². The number of hydrogen-bond donors (Lipinski definition) is 0. The van der Waals surface area contributed by atoms with E-state index in [1.807, 2.05) is 18.2 Å².